The van der Waals surface area contributed by atoms with Crippen LogP contribution in [0.4, 0.5) is 0 Å². The molecule has 1 aliphatic heterocycles. The van der Waals surface area contributed by atoms with Crippen molar-refractivity contribution < 1.29 is 5.11 Å². The highest BCUT2D eigenvalue weighted by Gasteiger charge is 2.26. The molecule has 2 unspecified atom stereocenters. The van der Waals surface area contributed by atoms with E-state index in [1.54, 1.807) is 24.5 Å². The van der Waals surface area contributed by atoms with Gasteiger partial charge in [0.25, 0.3) is 0 Å². The normalized spacial score (nSPS) is 21.1. The quantitative estimate of drug-likeness (QED) is 0.940. The largest absolute Gasteiger partial charge is 0.508 e. The summed E-state index contributed by atoms with van der Waals surface area (Å²) in [6.07, 6.45) is 5.99. The van der Waals surface area contributed by atoms with Crippen molar-refractivity contribution >= 4 is 0 Å². The van der Waals surface area contributed by atoms with Crippen molar-refractivity contribution in [3.05, 3.63) is 54.1 Å². The zero-order valence-corrected chi connectivity index (χ0v) is 12.3. The zero-order valence-electron chi connectivity index (χ0n) is 12.3. The number of aromatic hydroxyl groups is 1. The number of likely N-dealkylation sites (tertiary alicyclic amines) is 1. The first kappa shape index (κ1) is 14.0. The third kappa shape index (κ3) is 3.22. The van der Waals surface area contributed by atoms with Crippen LogP contribution in [0.2, 0.25) is 0 Å². The molecule has 2 aromatic rings. The first-order chi connectivity index (χ1) is 10.2. The minimum atomic E-state index is 0.242. The van der Waals surface area contributed by atoms with E-state index in [1.165, 1.54) is 18.4 Å². The smallest absolute Gasteiger partial charge is 0.145 e. The van der Waals surface area contributed by atoms with Gasteiger partial charge in [0.05, 0.1) is 6.04 Å². The fourth-order valence-corrected chi connectivity index (χ4v) is 3.07. The molecule has 1 aromatic heterocycles. The van der Waals surface area contributed by atoms with Crippen LogP contribution in [0.15, 0.2) is 42.7 Å². The molecule has 2 heterocycles. The maximum atomic E-state index is 9.42. The minimum Gasteiger partial charge on any atom is -0.508 e. The van der Waals surface area contributed by atoms with Crippen molar-refractivity contribution in [3.8, 4) is 5.75 Å². The SMILES string of the molecule is CC(c1ncccn1)N1CCCC(c2ccc(O)cc2)C1. The van der Waals surface area contributed by atoms with Crippen LogP contribution in [-0.2, 0) is 0 Å². The zero-order chi connectivity index (χ0) is 14.7. The van der Waals surface area contributed by atoms with Crippen LogP contribution in [-0.4, -0.2) is 33.1 Å². The lowest BCUT2D eigenvalue weighted by Crippen LogP contribution is -2.36. The molecule has 2 atom stereocenters. The van der Waals surface area contributed by atoms with Gasteiger partial charge in [-0.1, -0.05) is 12.1 Å². The molecular weight excluding hydrogens is 262 g/mol. The predicted octanol–water partition coefficient (Wildman–Crippen LogP) is 3.12. The predicted molar refractivity (Wildman–Crippen MR) is 82.1 cm³/mol. The summed E-state index contributed by atoms with van der Waals surface area (Å²) in [5.41, 5.74) is 1.30. The van der Waals surface area contributed by atoms with E-state index in [2.05, 4.69) is 21.8 Å². The van der Waals surface area contributed by atoms with Gasteiger partial charge in [0.1, 0.15) is 11.6 Å². The van der Waals surface area contributed by atoms with Crippen molar-refractivity contribution in [1.82, 2.24) is 14.9 Å². The lowest BCUT2D eigenvalue weighted by atomic mass is 9.90. The average Bonchev–Trinajstić information content (AvgIpc) is 2.56. The highest BCUT2D eigenvalue weighted by Crippen LogP contribution is 2.31. The molecule has 1 aliphatic rings. The minimum absolute atomic E-state index is 0.242. The van der Waals surface area contributed by atoms with Crippen molar-refractivity contribution in [2.45, 2.75) is 31.7 Å². The van der Waals surface area contributed by atoms with E-state index in [0.717, 1.165) is 18.9 Å². The Morgan fingerprint density at radius 1 is 1.19 bits per heavy atom. The molecule has 0 saturated carbocycles. The summed E-state index contributed by atoms with van der Waals surface area (Å²) in [5.74, 6) is 1.74. The Bertz CT molecular complexity index is 570. The number of hydrogen-bond donors (Lipinski definition) is 1. The topological polar surface area (TPSA) is 49.2 Å². The molecule has 110 valence electrons. The molecule has 1 fully saturated rings. The van der Waals surface area contributed by atoms with E-state index < -0.39 is 0 Å². The maximum Gasteiger partial charge on any atom is 0.145 e. The fraction of sp³-hybridized carbons (Fsp3) is 0.412. The second-order valence-electron chi connectivity index (χ2n) is 5.71. The lowest BCUT2D eigenvalue weighted by molar-refractivity contribution is 0.153. The first-order valence-corrected chi connectivity index (χ1v) is 7.54. The van der Waals surface area contributed by atoms with E-state index in [9.17, 15) is 5.11 Å². The second-order valence-corrected chi connectivity index (χ2v) is 5.71. The summed E-state index contributed by atoms with van der Waals surface area (Å²) >= 11 is 0. The summed E-state index contributed by atoms with van der Waals surface area (Å²) in [4.78, 5) is 11.2. The summed E-state index contributed by atoms with van der Waals surface area (Å²) in [6.45, 7) is 4.28. The number of piperidine rings is 1. The molecule has 3 rings (SSSR count). The fourth-order valence-electron chi connectivity index (χ4n) is 3.07. The Morgan fingerprint density at radius 2 is 1.90 bits per heavy atom. The number of rotatable bonds is 3. The number of benzene rings is 1. The molecule has 0 bridgehead atoms. The molecule has 4 heteroatoms. The van der Waals surface area contributed by atoms with Crippen LogP contribution >= 0.6 is 0 Å². The van der Waals surface area contributed by atoms with E-state index in [4.69, 9.17) is 0 Å². The monoisotopic (exact) mass is 283 g/mol. The van der Waals surface area contributed by atoms with Crippen LogP contribution in [0.1, 0.15) is 43.1 Å². The van der Waals surface area contributed by atoms with Crippen LogP contribution in [0.25, 0.3) is 0 Å². The summed E-state index contributed by atoms with van der Waals surface area (Å²) in [5, 5.41) is 9.42. The summed E-state index contributed by atoms with van der Waals surface area (Å²) < 4.78 is 0. The molecule has 1 saturated heterocycles. The number of hydrogen-bond acceptors (Lipinski definition) is 4. The molecule has 4 nitrogen and oxygen atoms in total. The van der Waals surface area contributed by atoms with Gasteiger partial charge in [0, 0.05) is 18.9 Å². The van der Waals surface area contributed by atoms with Crippen molar-refractivity contribution in [1.29, 1.82) is 0 Å². The van der Waals surface area contributed by atoms with Gasteiger partial charge in [-0.25, -0.2) is 9.97 Å². The average molecular weight is 283 g/mol. The maximum absolute atomic E-state index is 9.42. The molecule has 21 heavy (non-hydrogen) atoms. The van der Waals surface area contributed by atoms with Gasteiger partial charge < -0.3 is 5.11 Å². The highest BCUT2D eigenvalue weighted by molar-refractivity contribution is 5.28. The van der Waals surface area contributed by atoms with Crippen LogP contribution in [0.5, 0.6) is 5.75 Å². The molecule has 0 spiro atoms. The third-order valence-electron chi connectivity index (χ3n) is 4.32. The molecule has 1 N–H and O–H groups in total. The van der Waals surface area contributed by atoms with Crippen LogP contribution in [0.3, 0.4) is 0 Å². The van der Waals surface area contributed by atoms with Gasteiger partial charge in [-0.15, -0.1) is 0 Å². The van der Waals surface area contributed by atoms with E-state index in [0.29, 0.717) is 11.7 Å². The lowest BCUT2D eigenvalue weighted by Gasteiger charge is -2.36. The van der Waals surface area contributed by atoms with Crippen molar-refractivity contribution in [2.24, 2.45) is 0 Å². The molecule has 1 aromatic carbocycles. The van der Waals surface area contributed by atoms with Gasteiger partial charge in [-0.3, -0.25) is 4.90 Å². The Kier molecular flexibility index (Phi) is 4.15. The number of nitrogens with zero attached hydrogens (tertiary/aromatic N) is 3. The van der Waals surface area contributed by atoms with E-state index >= 15 is 0 Å². The van der Waals surface area contributed by atoms with Crippen molar-refractivity contribution in [3.63, 3.8) is 0 Å². The summed E-state index contributed by atoms with van der Waals surface area (Å²) in [6, 6.07) is 9.72. The molecular formula is C17H21N3O. The summed E-state index contributed by atoms with van der Waals surface area (Å²) in [7, 11) is 0. The second kappa shape index (κ2) is 6.22. The van der Waals surface area contributed by atoms with Gasteiger partial charge >= 0.3 is 0 Å². The van der Waals surface area contributed by atoms with E-state index in [1.807, 2.05) is 18.2 Å². The number of aromatic nitrogens is 2. The Balaban J connectivity index is 1.72. The Hall–Kier alpha value is -1.94. The third-order valence-corrected chi connectivity index (χ3v) is 4.32. The molecule has 0 radical (unpaired) electrons. The van der Waals surface area contributed by atoms with Gasteiger partial charge in [-0.05, 0) is 56.0 Å². The highest BCUT2D eigenvalue weighted by atomic mass is 16.3. The number of phenolic OH excluding ortho intramolecular Hbond substituents is 1. The van der Waals surface area contributed by atoms with E-state index in [-0.39, 0.29) is 6.04 Å². The van der Waals surface area contributed by atoms with Crippen LogP contribution < -0.4 is 0 Å². The van der Waals surface area contributed by atoms with Crippen LogP contribution in [0, 0.1) is 0 Å². The molecule has 0 aliphatic carbocycles. The Labute approximate surface area is 125 Å². The van der Waals surface area contributed by atoms with Gasteiger partial charge in [0.2, 0.25) is 0 Å². The van der Waals surface area contributed by atoms with Crippen molar-refractivity contribution in [2.75, 3.05) is 13.1 Å². The number of phenols is 1. The van der Waals surface area contributed by atoms with Gasteiger partial charge in [-0.2, -0.15) is 0 Å². The standard InChI is InChI=1S/C17H21N3O/c1-13(17-18-9-3-10-19-17)20-11-2-4-15(12-20)14-5-7-16(21)8-6-14/h3,5-10,13,15,21H,2,4,11-12H2,1H3. The van der Waals surface area contributed by atoms with Gasteiger partial charge in [0.15, 0.2) is 0 Å². The first-order valence-electron chi connectivity index (χ1n) is 7.54. The molecule has 0 amide bonds. The Morgan fingerprint density at radius 3 is 2.62 bits per heavy atom.